The Morgan fingerprint density at radius 1 is 1.23 bits per heavy atom. The molecule has 0 aliphatic rings. The zero-order valence-corrected chi connectivity index (χ0v) is 17.8. The molecule has 128 valence electrons. The minimum absolute atomic E-state index is 0. The SMILES string of the molecule is CN=C(NCCCOCCOC)NCCc1ccc(Br)s1.I. The summed E-state index contributed by atoms with van der Waals surface area (Å²) in [5.41, 5.74) is 0. The number of guanidine groups is 1. The molecule has 5 nitrogen and oxygen atoms in total. The van der Waals surface area contributed by atoms with Crippen molar-refractivity contribution in [2.45, 2.75) is 12.8 Å². The van der Waals surface area contributed by atoms with Crippen LogP contribution in [0.5, 0.6) is 0 Å². The minimum Gasteiger partial charge on any atom is -0.382 e. The van der Waals surface area contributed by atoms with Gasteiger partial charge in [-0.05, 0) is 40.9 Å². The fourth-order valence-electron chi connectivity index (χ4n) is 1.64. The molecule has 0 saturated heterocycles. The first-order valence-electron chi connectivity index (χ1n) is 7.01. The Hall–Kier alpha value is 0.1000. The number of methoxy groups -OCH3 is 1. The van der Waals surface area contributed by atoms with Gasteiger partial charge in [0.1, 0.15) is 0 Å². The Bertz CT molecular complexity index is 419. The van der Waals surface area contributed by atoms with Gasteiger partial charge in [-0.25, -0.2) is 0 Å². The molecule has 22 heavy (non-hydrogen) atoms. The van der Waals surface area contributed by atoms with Crippen LogP contribution in [0.3, 0.4) is 0 Å². The van der Waals surface area contributed by atoms with Crippen LogP contribution in [-0.4, -0.2) is 53.0 Å². The van der Waals surface area contributed by atoms with Crippen LogP contribution < -0.4 is 10.6 Å². The van der Waals surface area contributed by atoms with Crippen molar-refractivity contribution in [2.75, 3.05) is 47.1 Å². The van der Waals surface area contributed by atoms with Crippen LogP contribution in [0.1, 0.15) is 11.3 Å². The largest absolute Gasteiger partial charge is 0.382 e. The summed E-state index contributed by atoms with van der Waals surface area (Å²) in [6.07, 6.45) is 1.94. The van der Waals surface area contributed by atoms with E-state index >= 15 is 0 Å². The third-order valence-corrected chi connectivity index (χ3v) is 4.39. The Balaban J connectivity index is 0.00000441. The molecule has 0 amide bonds. The van der Waals surface area contributed by atoms with Crippen LogP contribution in [0, 0.1) is 0 Å². The summed E-state index contributed by atoms with van der Waals surface area (Å²) in [5, 5.41) is 6.58. The number of hydrogen-bond donors (Lipinski definition) is 2. The summed E-state index contributed by atoms with van der Waals surface area (Å²) in [5.74, 6) is 0.836. The first kappa shape index (κ1) is 22.1. The van der Waals surface area contributed by atoms with E-state index < -0.39 is 0 Å². The summed E-state index contributed by atoms with van der Waals surface area (Å²) in [6, 6.07) is 4.22. The van der Waals surface area contributed by atoms with Crippen molar-refractivity contribution < 1.29 is 9.47 Å². The lowest BCUT2D eigenvalue weighted by Gasteiger charge is -2.11. The highest BCUT2D eigenvalue weighted by Crippen LogP contribution is 2.21. The molecule has 1 aromatic rings. The molecule has 0 spiro atoms. The average molecular weight is 506 g/mol. The summed E-state index contributed by atoms with van der Waals surface area (Å²) in [6.45, 7) is 3.75. The van der Waals surface area contributed by atoms with Crippen LogP contribution in [-0.2, 0) is 15.9 Å². The van der Waals surface area contributed by atoms with E-state index in [0.717, 1.165) is 38.5 Å². The van der Waals surface area contributed by atoms with E-state index in [0.29, 0.717) is 13.2 Å². The third kappa shape index (κ3) is 10.8. The van der Waals surface area contributed by atoms with Crippen molar-refractivity contribution in [2.24, 2.45) is 4.99 Å². The van der Waals surface area contributed by atoms with Gasteiger partial charge in [0.05, 0.1) is 17.0 Å². The number of aliphatic imine (C=N–C) groups is 1. The molecule has 0 fully saturated rings. The molecule has 0 bridgehead atoms. The Kier molecular flexibility index (Phi) is 14.7. The Morgan fingerprint density at radius 3 is 2.64 bits per heavy atom. The van der Waals surface area contributed by atoms with Gasteiger partial charge in [-0.3, -0.25) is 4.99 Å². The van der Waals surface area contributed by atoms with Gasteiger partial charge >= 0.3 is 0 Å². The maximum Gasteiger partial charge on any atom is 0.190 e. The normalized spacial score (nSPS) is 11.1. The second-order valence-corrected chi connectivity index (χ2v) is 6.89. The highest BCUT2D eigenvalue weighted by atomic mass is 127. The number of ether oxygens (including phenoxy) is 2. The standard InChI is InChI=1S/C14H24BrN3O2S.HI/c1-16-14(17-7-3-9-20-11-10-19-2)18-8-6-12-4-5-13(15)21-12;/h4-5H,3,6-11H2,1-2H3,(H2,16,17,18);1H. The number of hydrogen-bond acceptors (Lipinski definition) is 4. The van der Waals surface area contributed by atoms with Gasteiger partial charge in [0.15, 0.2) is 5.96 Å². The van der Waals surface area contributed by atoms with Crippen molar-refractivity contribution in [3.8, 4) is 0 Å². The maximum absolute atomic E-state index is 5.40. The van der Waals surface area contributed by atoms with E-state index in [-0.39, 0.29) is 24.0 Å². The van der Waals surface area contributed by atoms with E-state index in [1.165, 1.54) is 8.66 Å². The quantitative estimate of drug-likeness (QED) is 0.222. The highest BCUT2D eigenvalue weighted by Gasteiger charge is 2.00. The van der Waals surface area contributed by atoms with E-state index in [9.17, 15) is 0 Å². The van der Waals surface area contributed by atoms with Crippen molar-refractivity contribution in [3.05, 3.63) is 20.8 Å². The third-order valence-electron chi connectivity index (χ3n) is 2.71. The van der Waals surface area contributed by atoms with Gasteiger partial charge in [0, 0.05) is 38.7 Å². The molecular formula is C14H25BrIN3O2S. The minimum atomic E-state index is 0. The van der Waals surface area contributed by atoms with E-state index in [1.54, 1.807) is 25.5 Å². The number of nitrogens with zero attached hydrogens (tertiary/aromatic N) is 1. The fourth-order valence-corrected chi connectivity index (χ4v) is 3.12. The lowest BCUT2D eigenvalue weighted by molar-refractivity contribution is 0.0698. The number of halogens is 2. The predicted octanol–water partition coefficient (Wildman–Crippen LogP) is 2.89. The van der Waals surface area contributed by atoms with E-state index in [4.69, 9.17) is 9.47 Å². The van der Waals surface area contributed by atoms with E-state index in [1.807, 2.05) is 0 Å². The lowest BCUT2D eigenvalue weighted by Crippen LogP contribution is -2.38. The van der Waals surface area contributed by atoms with Gasteiger partial charge < -0.3 is 20.1 Å². The first-order chi connectivity index (χ1) is 10.3. The summed E-state index contributed by atoms with van der Waals surface area (Å²) in [4.78, 5) is 5.56. The van der Waals surface area contributed by atoms with Gasteiger partial charge in [-0.15, -0.1) is 35.3 Å². The van der Waals surface area contributed by atoms with Crippen LogP contribution in [0.25, 0.3) is 0 Å². The van der Waals surface area contributed by atoms with Crippen LogP contribution >= 0.6 is 51.2 Å². The average Bonchev–Trinajstić information content (AvgIpc) is 2.90. The van der Waals surface area contributed by atoms with Crippen molar-refractivity contribution in [3.63, 3.8) is 0 Å². The molecule has 1 heterocycles. The Morgan fingerprint density at radius 2 is 2.00 bits per heavy atom. The van der Waals surface area contributed by atoms with Crippen LogP contribution in [0.2, 0.25) is 0 Å². The van der Waals surface area contributed by atoms with E-state index in [2.05, 4.69) is 43.7 Å². The van der Waals surface area contributed by atoms with Gasteiger partial charge in [0.25, 0.3) is 0 Å². The lowest BCUT2D eigenvalue weighted by atomic mass is 10.3. The molecule has 0 aliphatic heterocycles. The highest BCUT2D eigenvalue weighted by molar-refractivity contribution is 14.0. The summed E-state index contributed by atoms with van der Waals surface area (Å²) >= 11 is 5.24. The monoisotopic (exact) mass is 505 g/mol. The van der Waals surface area contributed by atoms with Crippen LogP contribution in [0.15, 0.2) is 20.9 Å². The van der Waals surface area contributed by atoms with Gasteiger partial charge in [-0.2, -0.15) is 0 Å². The molecule has 0 aromatic carbocycles. The Labute approximate surface area is 162 Å². The molecular weight excluding hydrogens is 481 g/mol. The van der Waals surface area contributed by atoms with Gasteiger partial charge in [-0.1, -0.05) is 0 Å². The smallest absolute Gasteiger partial charge is 0.190 e. The number of thiophene rings is 1. The molecule has 0 atom stereocenters. The van der Waals surface area contributed by atoms with Crippen LogP contribution in [0.4, 0.5) is 0 Å². The van der Waals surface area contributed by atoms with Crippen molar-refractivity contribution in [1.29, 1.82) is 0 Å². The molecule has 1 aromatic heterocycles. The number of rotatable bonds is 10. The molecule has 1 rings (SSSR count). The summed E-state index contributed by atoms with van der Waals surface area (Å²) < 4.78 is 11.5. The predicted molar refractivity (Wildman–Crippen MR) is 108 cm³/mol. The van der Waals surface area contributed by atoms with Crippen molar-refractivity contribution >= 4 is 57.2 Å². The molecule has 0 aliphatic carbocycles. The molecule has 2 N–H and O–H groups in total. The second-order valence-electron chi connectivity index (χ2n) is 4.34. The maximum atomic E-state index is 5.40. The zero-order chi connectivity index (χ0) is 15.3. The van der Waals surface area contributed by atoms with Gasteiger partial charge in [0.2, 0.25) is 0 Å². The zero-order valence-electron chi connectivity index (χ0n) is 13.1. The fraction of sp³-hybridized carbons (Fsp3) is 0.643. The molecule has 0 radical (unpaired) electrons. The molecule has 8 heteroatoms. The first-order valence-corrected chi connectivity index (χ1v) is 8.62. The second kappa shape index (κ2) is 14.7. The molecule has 0 saturated carbocycles. The topological polar surface area (TPSA) is 54.9 Å². The number of nitrogens with one attached hydrogen (secondary N) is 2. The molecule has 0 unspecified atom stereocenters. The van der Waals surface area contributed by atoms with Crippen molar-refractivity contribution in [1.82, 2.24) is 10.6 Å². The summed E-state index contributed by atoms with van der Waals surface area (Å²) in [7, 11) is 3.46.